The Morgan fingerprint density at radius 3 is 2.08 bits per heavy atom. The van der Waals surface area contributed by atoms with Gasteiger partial charge in [-0.1, -0.05) is 12.1 Å². The van der Waals surface area contributed by atoms with Gasteiger partial charge in [0.1, 0.15) is 6.04 Å². The highest BCUT2D eigenvalue weighted by atomic mass is 16.5. The van der Waals surface area contributed by atoms with Crippen molar-refractivity contribution in [2.45, 2.75) is 32.7 Å². The summed E-state index contributed by atoms with van der Waals surface area (Å²) < 4.78 is 15.3. The lowest BCUT2D eigenvalue weighted by Crippen LogP contribution is -2.37. The maximum absolute atomic E-state index is 12.3. The van der Waals surface area contributed by atoms with Crippen molar-refractivity contribution in [3.8, 4) is 0 Å². The smallest absolute Gasteiger partial charge is 0.338 e. The summed E-state index contributed by atoms with van der Waals surface area (Å²) in [7, 11) is 0. The molecule has 1 N–H and O–H groups in total. The Kier molecular flexibility index (Phi) is 7.15. The van der Waals surface area contributed by atoms with Crippen LogP contribution in [0.3, 0.4) is 0 Å². The van der Waals surface area contributed by atoms with E-state index in [0.29, 0.717) is 18.7 Å². The first-order valence-corrected chi connectivity index (χ1v) is 8.87. The molecular formula is C19H25NO6. The highest BCUT2D eigenvalue weighted by molar-refractivity contribution is 5.89. The fourth-order valence-corrected chi connectivity index (χ4v) is 3.16. The van der Waals surface area contributed by atoms with Crippen molar-refractivity contribution in [2.24, 2.45) is 5.92 Å². The fraction of sp³-hybridized carbons (Fsp3) is 0.526. The lowest BCUT2D eigenvalue weighted by atomic mass is 9.84. The van der Waals surface area contributed by atoms with Crippen LogP contribution in [0, 0.1) is 5.92 Å². The Bertz CT molecular complexity index is 616. The van der Waals surface area contributed by atoms with Crippen molar-refractivity contribution in [2.75, 3.05) is 26.4 Å². The Labute approximate surface area is 153 Å². The molecule has 1 aliphatic rings. The van der Waals surface area contributed by atoms with Crippen molar-refractivity contribution >= 4 is 17.9 Å². The first-order valence-electron chi connectivity index (χ1n) is 8.87. The molecule has 0 saturated carbocycles. The number of hydrogen-bond donors (Lipinski definition) is 1. The molecule has 142 valence electrons. The van der Waals surface area contributed by atoms with Gasteiger partial charge in [0, 0.05) is 12.5 Å². The Morgan fingerprint density at radius 1 is 0.923 bits per heavy atom. The molecule has 1 saturated heterocycles. The third-order valence-electron chi connectivity index (χ3n) is 4.29. The van der Waals surface area contributed by atoms with Gasteiger partial charge in [0.2, 0.25) is 0 Å². The summed E-state index contributed by atoms with van der Waals surface area (Å²) in [4.78, 5) is 36.4. The molecule has 3 unspecified atom stereocenters. The third-order valence-corrected chi connectivity index (χ3v) is 4.29. The Hall–Kier alpha value is -2.41. The molecule has 0 aliphatic carbocycles. The van der Waals surface area contributed by atoms with Gasteiger partial charge < -0.3 is 19.5 Å². The van der Waals surface area contributed by atoms with Crippen LogP contribution in [0.2, 0.25) is 0 Å². The highest BCUT2D eigenvalue weighted by Gasteiger charge is 2.45. The Balaban J connectivity index is 2.29. The molecule has 26 heavy (non-hydrogen) atoms. The number of esters is 3. The van der Waals surface area contributed by atoms with Gasteiger partial charge in [-0.05, 0) is 38.5 Å². The molecule has 7 nitrogen and oxygen atoms in total. The van der Waals surface area contributed by atoms with Crippen LogP contribution in [0.25, 0.3) is 0 Å². The van der Waals surface area contributed by atoms with Crippen LogP contribution in [-0.4, -0.2) is 50.3 Å². The monoisotopic (exact) mass is 363 g/mol. The van der Waals surface area contributed by atoms with Crippen molar-refractivity contribution in [1.82, 2.24) is 5.32 Å². The van der Waals surface area contributed by atoms with Crippen LogP contribution in [0.5, 0.6) is 0 Å². The van der Waals surface area contributed by atoms with Crippen LogP contribution in [0.15, 0.2) is 24.3 Å². The minimum absolute atomic E-state index is 0.260. The number of nitrogens with one attached hydrogen (secondary N) is 1. The molecule has 0 bridgehead atoms. The van der Waals surface area contributed by atoms with E-state index in [9.17, 15) is 14.4 Å². The predicted molar refractivity (Wildman–Crippen MR) is 93.7 cm³/mol. The molecule has 0 spiro atoms. The van der Waals surface area contributed by atoms with Gasteiger partial charge in [0.15, 0.2) is 0 Å². The first kappa shape index (κ1) is 19.9. The molecule has 1 aliphatic heterocycles. The van der Waals surface area contributed by atoms with E-state index in [1.807, 2.05) is 0 Å². The average molecular weight is 363 g/mol. The van der Waals surface area contributed by atoms with Crippen LogP contribution in [0.4, 0.5) is 0 Å². The molecule has 3 atom stereocenters. The molecular weight excluding hydrogens is 338 g/mol. The molecule has 0 amide bonds. The van der Waals surface area contributed by atoms with Crippen LogP contribution >= 0.6 is 0 Å². The van der Waals surface area contributed by atoms with Gasteiger partial charge in [-0.25, -0.2) is 4.79 Å². The SMILES string of the molecule is CCOC(=O)c1ccc(C2C(C(=O)OCC)CNC2C(=O)OCC)cc1. The average Bonchev–Trinajstić information content (AvgIpc) is 3.07. The second-order valence-corrected chi connectivity index (χ2v) is 5.86. The van der Waals surface area contributed by atoms with Gasteiger partial charge in [0.25, 0.3) is 0 Å². The minimum atomic E-state index is -0.641. The molecule has 1 heterocycles. The third kappa shape index (κ3) is 4.40. The van der Waals surface area contributed by atoms with Crippen molar-refractivity contribution in [3.63, 3.8) is 0 Å². The maximum atomic E-state index is 12.3. The number of hydrogen-bond acceptors (Lipinski definition) is 7. The zero-order valence-electron chi connectivity index (χ0n) is 15.3. The van der Waals surface area contributed by atoms with Crippen LogP contribution < -0.4 is 5.32 Å². The van der Waals surface area contributed by atoms with Crippen molar-refractivity contribution in [3.05, 3.63) is 35.4 Å². The van der Waals surface area contributed by atoms with Crippen molar-refractivity contribution < 1.29 is 28.6 Å². The summed E-state index contributed by atoms with van der Waals surface area (Å²) in [5.74, 6) is -2.10. The quantitative estimate of drug-likeness (QED) is 0.582. The molecule has 7 heteroatoms. The molecule has 2 rings (SSSR count). The molecule has 1 aromatic carbocycles. The van der Waals surface area contributed by atoms with E-state index in [2.05, 4.69) is 5.32 Å². The number of carbonyl (C=O) groups excluding carboxylic acids is 3. The number of rotatable bonds is 7. The highest BCUT2D eigenvalue weighted by Crippen LogP contribution is 2.34. The van der Waals surface area contributed by atoms with E-state index in [-0.39, 0.29) is 19.2 Å². The summed E-state index contributed by atoms with van der Waals surface area (Å²) in [6.07, 6.45) is 0. The van der Waals surface area contributed by atoms with E-state index in [1.54, 1.807) is 45.0 Å². The van der Waals surface area contributed by atoms with E-state index in [1.165, 1.54) is 0 Å². The zero-order valence-corrected chi connectivity index (χ0v) is 15.3. The van der Waals surface area contributed by atoms with Crippen LogP contribution in [-0.2, 0) is 23.8 Å². The van der Waals surface area contributed by atoms with Gasteiger partial charge in [0.05, 0.1) is 31.3 Å². The predicted octanol–water partition coefficient (Wildman–Crippen LogP) is 1.66. The van der Waals surface area contributed by atoms with Gasteiger partial charge in [-0.3, -0.25) is 9.59 Å². The largest absolute Gasteiger partial charge is 0.466 e. The number of benzene rings is 1. The summed E-state index contributed by atoms with van der Waals surface area (Å²) >= 11 is 0. The second-order valence-electron chi connectivity index (χ2n) is 5.86. The molecule has 1 fully saturated rings. The van der Waals surface area contributed by atoms with E-state index < -0.39 is 29.8 Å². The fourth-order valence-electron chi connectivity index (χ4n) is 3.16. The topological polar surface area (TPSA) is 90.9 Å². The molecule has 0 aromatic heterocycles. The summed E-state index contributed by atoms with van der Waals surface area (Å²) in [5, 5.41) is 3.07. The normalized spacial score (nSPS) is 21.9. The first-order chi connectivity index (χ1) is 12.5. The zero-order chi connectivity index (χ0) is 19.1. The van der Waals surface area contributed by atoms with Crippen LogP contribution in [0.1, 0.15) is 42.6 Å². The lowest BCUT2D eigenvalue weighted by Gasteiger charge is -2.22. The van der Waals surface area contributed by atoms with Crippen molar-refractivity contribution in [1.29, 1.82) is 0 Å². The summed E-state index contributed by atoms with van der Waals surface area (Å²) in [6, 6.07) is 6.11. The van der Waals surface area contributed by atoms with Gasteiger partial charge >= 0.3 is 17.9 Å². The lowest BCUT2D eigenvalue weighted by molar-refractivity contribution is -0.148. The van der Waals surface area contributed by atoms with E-state index in [0.717, 1.165) is 5.56 Å². The molecule has 1 aromatic rings. The van der Waals surface area contributed by atoms with E-state index >= 15 is 0 Å². The minimum Gasteiger partial charge on any atom is -0.466 e. The number of carbonyl (C=O) groups is 3. The summed E-state index contributed by atoms with van der Waals surface area (Å²) in [5.41, 5.74) is 1.18. The Morgan fingerprint density at radius 2 is 1.50 bits per heavy atom. The van der Waals surface area contributed by atoms with E-state index in [4.69, 9.17) is 14.2 Å². The number of ether oxygens (including phenoxy) is 3. The van der Waals surface area contributed by atoms with Gasteiger partial charge in [-0.2, -0.15) is 0 Å². The second kappa shape index (κ2) is 9.33. The summed E-state index contributed by atoms with van der Waals surface area (Å²) in [6.45, 7) is 6.37. The maximum Gasteiger partial charge on any atom is 0.338 e. The molecule has 0 radical (unpaired) electrons. The standard InChI is InChI=1S/C19H25NO6/c1-4-24-17(21)13-9-7-12(8-10-13)15-14(18(22)25-5-2)11-20-16(15)19(23)26-6-3/h7-10,14-16,20H,4-6,11H2,1-3H3. The van der Waals surface area contributed by atoms with Gasteiger partial charge in [-0.15, -0.1) is 0 Å².